The van der Waals surface area contributed by atoms with Crippen molar-refractivity contribution in [1.82, 2.24) is 13.9 Å². The monoisotopic (exact) mass is 678 g/mol. The quantitative estimate of drug-likeness (QED) is 0.156. The second-order valence-corrected chi connectivity index (χ2v) is 13.8. The van der Waals surface area contributed by atoms with Crippen molar-refractivity contribution in [1.29, 1.82) is 0 Å². The van der Waals surface area contributed by atoms with Crippen molar-refractivity contribution >= 4 is 51.0 Å². The summed E-state index contributed by atoms with van der Waals surface area (Å²) < 4.78 is 72.1. The number of carbonyl (C=O) groups excluding carboxylic acids is 1. The predicted octanol–water partition coefficient (Wildman–Crippen LogP) is 4.34. The Morgan fingerprint density at radius 2 is 1.95 bits per heavy atom. The van der Waals surface area contributed by atoms with E-state index < -0.39 is 34.1 Å². The molecule has 3 aromatic rings. The number of ether oxygens (including phenoxy) is 3. The van der Waals surface area contributed by atoms with E-state index in [1.165, 1.54) is 35.3 Å². The molecule has 17 heteroatoms. The van der Waals surface area contributed by atoms with Crippen molar-refractivity contribution in [3.63, 3.8) is 0 Å². The van der Waals surface area contributed by atoms with E-state index in [0.717, 1.165) is 41.3 Å². The highest BCUT2D eigenvalue weighted by Crippen LogP contribution is 2.39. The highest BCUT2D eigenvalue weighted by Gasteiger charge is 2.43. The zero-order valence-electron chi connectivity index (χ0n) is 22.6. The maximum atomic E-state index is 13.6. The van der Waals surface area contributed by atoms with Crippen LogP contribution in [0.4, 0.5) is 8.78 Å². The molecule has 1 saturated carbocycles. The minimum absolute atomic E-state index is 0.000933. The van der Waals surface area contributed by atoms with Crippen LogP contribution in [0.3, 0.4) is 0 Å². The number of alkyl halides is 2. The van der Waals surface area contributed by atoms with Gasteiger partial charge in [-0.3, -0.25) is 0 Å². The number of esters is 1. The number of imidazole rings is 1. The number of nitrogens with zero attached hydrogens (tertiary/aromatic N) is 4. The van der Waals surface area contributed by atoms with E-state index in [-0.39, 0.29) is 51.7 Å². The molecule has 1 aliphatic heterocycles. The van der Waals surface area contributed by atoms with Crippen LogP contribution in [0.5, 0.6) is 11.5 Å². The average Bonchev–Trinajstić information content (AvgIpc) is 3.42. The molecule has 11 nitrogen and oxygen atoms in total. The van der Waals surface area contributed by atoms with Gasteiger partial charge < -0.3 is 24.0 Å². The standard InChI is InChI=1S/C26H26Cl2F2N4O7S2/c1-32-12-23(31-14-32)43(37,38)34-6-7-42-24(34)25(35)40-21(9-17-18(27)10-33(36)11-19(17)28)16-4-5-20(41-26(29)30)22(8-16)39-13-15-2-3-15/h4-5,8,10-12,14-15,21,24,26H,2-3,6-7,9,13H2,1H3. The molecule has 2 aromatic heterocycles. The maximum absolute atomic E-state index is 13.6. The van der Waals surface area contributed by atoms with E-state index >= 15 is 0 Å². The summed E-state index contributed by atoms with van der Waals surface area (Å²) in [6.45, 7) is -2.77. The summed E-state index contributed by atoms with van der Waals surface area (Å²) in [6, 6.07) is 4.11. The molecule has 0 radical (unpaired) electrons. The summed E-state index contributed by atoms with van der Waals surface area (Å²) in [7, 11) is -2.51. The van der Waals surface area contributed by atoms with Crippen molar-refractivity contribution in [2.24, 2.45) is 13.0 Å². The lowest BCUT2D eigenvalue weighted by atomic mass is 10.0. The first-order valence-electron chi connectivity index (χ1n) is 13.0. The maximum Gasteiger partial charge on any atom is 0.387 e. The molecular weight excluding hydrogens is 653 g/mol. The minimum atomic E-state index is -4.13. The van der Waals surface area contributed by atoms with Crippen molar-refractivity contribution in [2.75, 3.05) is 18.9 Å². The van der Waals surface area contributed by atoms with Crippen LogP contribution in [-0.4, -0.2) is 59.1 Å². The van der Waals surface area contributed by atoms with Gasteiger partial charge in [0.2, 0.25) is 0 Å². The van der Waals surface area contributed by atoms with Gasteiger partial charge in [-0.1, -0.05) is 29.3 Å². The fourth-order valence-electron chi connectivity index (χ4n) is 4.39. The van der Waals surface area contributed by atoms with Gasteiger partial charge in [0.15, 0.2) is 34.3 Å². The van der Waals surface area contributed by atoms with Crippen LogP contribution in [-0.2, 0) is 33.0 Å². The highest BCUT2D eigenvalue weighted by atomic mass is 35.5. The van der Waals surface area contributed by atoms with Crippen molar-refractivity contribution in [3.05, 3.63) is 69.5 Å². The summed E-state index contributed by atoms with van der Waals surface area (Å²) in [6.07, 6.45) is 5.46. The van der Waals surface area contributed by atoms with Gasteiger partial charge in [-0.2, -0.15) is 17.8 Å². The molecule has 0 bridgehead atoms. The van der Waals surface area contributed by atoms with E-state index in [1.807, 2.05) is 0 Å². The number of hydrogen-bond donors (Lipinski definition) is 0. The number of rotatable bonds is 12. The Labute approximate surface area is 260 Å². The van der Waals surface area contributed by atoms with Crippen LogP contribution in [0.15, 0.2) is 48.1 Å². The van der Waals surface area contributed by atoms with Crippen molar-refractivity contribution in [3.8, 4) is 11.5 Å². The summed E-state index contributed by atoms with van der Waals surface area (Å²) >= 11 is 13.7. The number of carbonyl (C=O) groups is 1. The zero-order chi connectivity index (χ0) is 30.9. The Kier molecular flexibility index (Phi) is 9.56. The van der Waals surface area contributed by atoms with E-state index in [9.17, 15) is 27.2 Å². The van der Waals surface area contributed by atoms with Gasteiger partial charge in [0.05, 0.1) is 12.9 Å². The lowest BCUT2D eigenvalue weighted by Crippen LogP contribution is -2.41. The second-order valence-electron chi connectivity index (χ2n) is 9.98. The fourth-order valence-corrected chi connectivity index (χ4v) is 8.00. The Hall–Kier alpha value is -2.85. The van der Waals surface area contributed by atoms with Gasteiger partial charge in [-0.15, -0.1) is 11.8 Å². The van der Waals surface area contributed by atoms with Crippen LogP contribution in [0.25, 0.3) is 0 Å². The lowest BCUT2D eigenvalue weighted by molar-refractivity contribution is -0.605. The van der Waals surface area contributed by atoms with Gasteiger partial charge in [0.25, 0.3) is 10.0 Å². The van der Waals surface area contributed by atoms with Crippen molar-refractivity contribution < 1.29 is 40.9 Å². The number of hydrogen-bond acceptors (Lipinski definition) is 9. The largest absolute Gasteiger partial charge is 0.619 e. The Balaban J connectivity index is 1.47. The third-order valence-electron chi connectivity index (χ3n) is 6.74. The highest BCUT2D eigenvalue weighted by molar-refractivity contribution is 8.02. The Bertz CT molecular complexity index is 1580. The van der Waals surface area contributed by atoms with Crippen LogP contribution >= 0.6 is 35.0 Å². The first-order valence-corrected chi connectivity index (χ1v) is 16.3. The molecule has 0 amide bonds. The van der Waals surface area contributed by atoms with Crippen LogP contribution < -0.4 is 14.2 Å². The zero-order valence-corrected chi connectivity index (χ0v) is 25.7. The van der Waals surface area contributed by atoms with Crippen LogP contribution in [0.2, 0.25) is 10.0 Å². The van der Waals surface area contributed by atoms with Crippen molar-refractivity contribution in [2.45, 2.75) is 42.4 Å². The first-order chi connectivity index (χ1) is 20.4. The van der Waals surface area contributed by atoms with Gasteiger partial charge in [0, 0.05) is 37.5 Å². The molecule has 2 unspecified atom stereocenters. The predicted molar refractivity (Wildman–Crippen MR) is 153 cm³/mol. The number of halogens is 4. The molecule has 0 spiro atoms. The molecule has 232 valence electrons. The minimum Gasteiger partial charge on any atom is -0.619 e. The van der Waals surface area contributed by atoms with Crippen LogP contribution in [0, 0.1) is 11.1 Å². The van der Waals surface area contributed by atoms with Gasteiger partial charge in [0.1, 0.15) is 16.1 Å². The van der Waals surface area contributed by atoms with Gasteiger partial charge >= 0.3 is 12.6 Å². The smallest absolute Gasteiger partial charge is 0.387 e. The number of pyridine rings is 1. The molecule has 1 aliphatic carbocycles. The Morgan fingerprint density at radius 3 is 2.58 bits per heavy atom. The molecule has 5 rings (SSSR count). The summed E-state index contributed by atoms with van der Waals surface area (Å²) in [5, 5.41) is 10.4. The molecule has 3 heterocycles. The summed E-state index contributed by atoms with van der Waals surface area (Å²) in [4.78, 5) is 17.5. The van der Waals surface area contributed by atoms with E-state index in [4.69, 9.17) is 32.7 Å². The second kappa shape index (κ2) is 13.0. The van der Waals surface area contributed by atoms with E-state index in [0.29, 0.717) is 22.0 Å². The number of aryl methyl sites for hydroxylation is 1. The third-order valence-corrected chi connectivity index (χ3v) is 10.5. The lowest BCUT2D eigenvalue weighted by Gasteiger charge is -2.25. The molecule has 2 atom stereocenters. The molecule has 1 saturated heterocycles. The fraction of sp³-hybridized carbons (Fsp3) is 0.423. The van der Waals surface area contributed by atoms with Gasteiger partial charge in [-0.25, -0.2) is 18.2 Å². The normalized spacial score (nSPS) is 18.1. The molecule has 2 aliphatic rings. The van der Waals surface area contributed by atoms with E-state index in [1.54, 1.807) is 7.05 Å². The number of thioether (sulfide) groups is 1. The van der Waals surface area contributed by atoms with E-state index in [2.05, 4.69) is 9.72 Å². The number of aromatic nitrogens is 3. The molecule has 2 fully saturated rings. The molecule has 1 aromatic carbocycles. The topological polar surface area (TPSA) is 127 Å². The molecular formula is C26H26Cl2F2N4O7S2. The average molecular weight is 680 g/mol. The Morgan fingerprint density at radius 1 is 1.23 bits per heavy atom. The number of sulfonamides is 1. The van der Waals surface area contributed by atoms with Gasteiger partial charge in [-0.05, 0) is 36.5 Å². The molecule has 43 heavy (non-hydrogen) atoms. The first kappa shape index (κ1) is 31.6. The summed E-state index contributed by atoms with van der Waals surface area (Å²) in [5.74, 6) is -0.435. The summed E-state index contributed by atoms with van der Waals surface area (Å²) in [5.41, 5.74) is 0.590. The third kappa shape index (κ3) is 7.45. The number of benzene rings is 1. The molecule has 0 N–H and O–H groups in total. The SMILES string of the molecule is Cn1cnc(S(=O)(=O)N2CCSC2C(=O)OC(Cc2c(Cl)c[n+]([O-])cc2Cl)c2ccc(OC(F)F)c(OCC3CC3)c2)c1. The van der Waals surface area contributed by atoms with Crippen LogP contribution in [0.1, 0.15) is 30.1 Å².